The molecule has 0 amide bonds. The Bertz CT molecular complexity index is 461. The molecule has 2 atom stereocenters. The van der Waals surface area contributed by atoms with E-state index in [4.69, 9.17) is 0 Å². The fourth-order valence-corrected chi connectivity index (χ4v) is 3.20. The topological polar surface area (TPSA) is 28.2 Å². The standard InChI is InChI=1S/C17H28FN3/c1-12(2)20-11-14-9-10-19-17(16(14)18)21(4)15-8-6-5-7-13(15)3/h9-10,12-13,15,20H,5-8,11H2,1-4H3. The lowest BCUT2D eigenvalue weighted by Gasteiger charge is -2.37. The molecule has 0 aromatic carbocycles. The lowest BCUT2D eigenvalue weighted by molar-refractivity contribution is 0.319. The lowest BCUT2D eigenvalue weighted by Crippen LogP contribution is -2.40. The van der Waals surface area contributed by atoms with Crippen molar-refractivity contribution in [2.75, 3.05) is 11.9 Å². The van der Waals surface area contributed by atoms with Crippen LogP contribution in [0, 0.1) is 11.7 Å². The SMILES string of the molecule is CC(C)NCc1ccnc(N(C)C2CCCCC2C)c1F. The molecule has 3 nitrogen and oxygen atoms in total. The molecule has 1 aromatic rings. The summed E-state index contributed by atoms with van der Waals surface area (Å²) in [4.78, 5) is 6.35. The molecule has 1 fully saturated rings. The second-order valence-electron chi connectivity index (χ2n) is 6.58. The summed E-state index contributed by atoms with van der Waals surface area (Å²) in [5.41, 5.74) is 0.698. The van der Waals surface area contributed by atoms with Crippen molar-refractivity contribution in [3.8, 4) is 0 Å². The Kier molecular flexibility index (Phi) is 5.57. The Morgan fingerprint density at radius 3 is 2.76 bits per heavy atom. The minimum atomic E-state index is -0.175. The quantitative estimate of drug-likeness (QED) is 0.896. The summed E-state index contributed by atoms with van der Waals surface area (Å²) in [5.74, 6) is 0.921. The zero-order chi connectivity index (χ0) is 15.4. The van der Waals surface area contributed by atoms with Gasteiger partial charge in [-0.3, -0.25) is 0 Å². The second kappa shape index (κ2) is 7.21. The molecule has 1 aliphatic carbocycles. The molecule has 0 radical (unpaired) electrons. The van der Waals surface area contributed by atoms with E-state index < -0.39 is 0 Å². The van der Waals surface area contributed by atoms with Crippen LogP contribution in [0.2, 0.25) is 0 Å². The zero-order valence-corrected chi connectivity index (χ0v) is 13.7. The van der Waals surface area contributed by atoms with Crippen LogP contribution in [0.5, 0.6) is 0 Å². The molecule has 21 heavy (non-hydrogen) atoms. The largest absolute Gasteiger partial charge is 0.354 e. The van der Waals surface area contributed by atoms with E-state index in [1.165, 1.54) is 19.3 Å². The lowest BCUT2D eigenvalue weighted by atomic mass is 9.85. The van der Waals surface area contributed by atoms with E-state index in [1.54, 1.807) is 12.3 Å². The molecule has 4 heteroatoms. The van der Waals surface area contributed by atoms with Crippen molar-refractivity contribution in [1.29, 1.82) is 0 Å². The summed E-state index contributed by atoms with van der Waals surface area (Å²) in [6.45, 7) is 6.95. The fraction of sp³-hybridized carbons (Fsp3) is 0.706. The van der Waals surface area contributed by atoms with Gasteiger partial charge in [0.1, 0.15) is 0 Å². The number of anilines is 1. The summed E-state index contributed by atoms with van der Waals surface area (Å²) in [5, 5.41) is 3.27. The van der Waals surface area contributed by atoms with Gasteiger partial charge in [0.25, 0.3) is 0 Å². The van der Waals surface area contributed by atoms with E-state index in [0.29, 0.717) is 35.9 Å². The molecule has 1 aliphatic rings. The highest BCUT2D eigenvalue weighted by Crippen LogP contribution is 2.31. The van der Waals surface area contributed by atoms with Crippen molar-refractivity contribution in [1.82, 2.24) is 10.3 Å². The Morgan fingerprint density at radius 1 is 1.38 bits per heavy atom. The highest BCUT2D eigenvalue weighted by Gasteiger charge is 2.27. The number of nitrogens with one attached hydrogen (secondary N) is 1. The third kappa shape index (κ3) is 3.94. The van der Waals surface area contributed by atoms with Gasteiger partial charge in [0.05, 0.1) is 0 Å². The van der Waals surface area contributed by atoms with Crippen LogP contribution in [0.4, 0.5) is 10.2 Å². The average Bonchev–Trinajstić information content (AvgIpc) is 2.46. The molecule has 0 spiro atoms. The minimum absolute atomic E-state index is 0.175. The van der Waals surface area contributed by atoms with Crippen LogP contribution in [-0.2, 0) is 6.54 Å². The third-order valence-electron chi connectivity index (χ3n) is 4.55. The maximum absolute atomic E-state index is 14.7. The Hall–Kier alpha value is -1.16. The van der Waals surface area contributed by atoms with Gasteiger partial charge in [0.2, 0.25) is 0 Å². The van der Waals surface area contributed by atoms with E-state index >= 15 is 0 Å². The van der Waals surface area contributed by atoms with Crippen LogP contribution in [0.25, 0.3) is 0 Å². The molecule has 0 bridgehead atoms. The normalized spacial score (nSPS) is 22.6. The Labute approximate surface area is 127 Å². The van der Waals surface area contributed by atoms with Gasteiger partial charge in [0, 0.05) is 37.4 Å². The molecular formula is C17H28FN3. The highest BCUT2D eigenvalue weighted by atomic mass is 19.1. The Morgan fingerprint density at radius 2 is 2.10 bits per heavy atom. The van der Waals surface area contributed by atoms with Crippen LogP contribution in [0.1, 0.15) is 52.0 Å². The van der Waals surface area contributed by atoms with Gasteiger partial charge >= 0.3 is 0 Å². The first-order chi connectivity index (χ1) is 10.0. The maximum Gasteiger partial charge on any atom is 0.170 e. The monoisotopic (exact) mass is 293 g/mol. The zero-order valence-electron chi connectivity index (χ0n) is 13.7. The van der Waals surface area contributed by atoms with Gasteiger partial charge < -0.3 is 10.2 Å². The number of nitrogens with zero attached hydrogens (tertiary/aromatic N) is 2. The van der Waals surface area contributed by atoms with Crippen LogP contribution < -0.4 is 10.2 Å². The molecule has 1 aromatic heterocycles. The molecule has 1 N–H and O–H groups in total. The van der Waals surface area contributed by atoms with Crippen LogP contribution in [-0.4, -0.2) is 24.1 Å². The van der Waals surface area contributed by atoms with Crippen molar-refractivity contribution in [3.05, 3.63) is 23.6 Å². The first kappa shape index (κ1) is 16.2. The predicted octanol–water partition coefficient (Wildman–Crippen LogP) is 3.73. The predicted molar refractivity (Wildman–Crippen MR) is 86.0 cm³/mol. The molecule has 118 valence electrons. The van der Waals surface area contributed by atoms with E-state index in [0.717, 1.165) is 6.42 Å². The minimum Gasteiger partial charge on any atom is -0.354 e. The summed E-state index contributed by atoms with van der Waals surface area (Å²) in [6, 6.07) is 2.51. The molecule has 2 rings (SSSR count). The summed E-state index contributed by atoms with van der Waals surface area (Å²) in [6.07, 6.45) is 6.60. The highest BCUT2D eigenvalue weighted by molar-refractivity contribution is 5.43. The first-order valence-corrected chi connectivity index (χ1v) is 8.10. The molecule has 0 aliphatic heterocycles. The number of aromatic nitrogens is 1. The summed E-state index contributed by atoms with van der Waals surface area (Å²) >= 11 is 0. The van der Waals surface area contributed by atoms with E-state index in [1.807, 2.05) is 7.05 Å². The van der Waals surface area contributed by atoms with Crippen molar-refractivity contribution in [2.24, 2.45) is 5.92 Å². The van der Waals surface area contributed by atoms with E-state index in [9.17, 15) is 4.39 Å². The van der Waals surface area contributed by atoms with Gasteiger partial charge in [0.15, 0.2) is 11.6 Å². The van der Waals surface area contributed by atoms with Gasteiger partial charge in [-0.25, -0.2) is 9.37 Å². The number of rotatable bonds is 5. The van der Waals surface area contributed by atoms with E-state index in [-0.39, 0.29) is 5.82 Å². The van der Waals surface area contributed by atoms with Crippen LogP contribution >= 0.6 is 0 Å². The van der Waals surface area contributed by atoms with Crippen molar-refractivity contribution >= 4 is 5.82 Å². The van der Waals surface area contributed by atoms with Gasteiger partial charge in [-0.05, 0) is 24.8 Å². The molecule has 1 saturated carbocycles. The van der Waals surface area contributed by atoms with Crippen molar-refractivity contribution < 1.29 is 4.39 Å². The average molecular weight is 293 g/mol. The first-order valence-electron chi connectivity index (χ1n) is 8.10. The summed E-state index contributed by atoms with van der Waals surface area (Å²) in [7, 11) is 1.98. The van der Waals surface area contributed by atoms with E-state index in [2.05, 4.69) is 36.0 Å². The fourth-order valence-electron chi connectivity index (χ4n) is 3.20. The van der Waals surface area contributed by atoms with Crippen LogP contribution in [0.3, 0.4) is 0 Å². The number of halogens is 1. The molecular weight excluding hydrogens is 265 g/mol. The number of hydrogen-bond donors (Lipinski definition) is 1. The van der Waals surface area contributed by atoms with Crippen molar-refractivity contribution in [2.45, 2.75) is 65.1 Å². The van der Waals surface area contributed by atoms with Crippen LogP contribution in [0.15, 0.2) is 12.3 Å². The van der Waals surface area contributed by atoms with Gasteiger partial charge in [-0.1, -0.05) is 33.6 Å². The Balaban J connectivity index is 2.16. The molecule has 1 heterocycles. The molecule has 0 saturated heterocycles. The maximum atomic E-state index is 14.7. The van der Waals surface area contributed by atoms with Gasteiger partial charge in [-0.15, -0.1) is 0 Å². The third-order valence-corrected chi connectivity index (χ3v) is 4.55. The second-order valence-corrected chi connectivity index (χ2v) is 6.58. The van der Waals surface area contributed by atoms with Crippen molar-refractivity contribution in [3.63, 3.8) is 0 Å². The number of hydrogen-bond acceptors (Lipinski definition) is 3. The number of pyridine rings is 1. The van der Waals surface area contributed by atoms with Gasteiger partial charge in [-0.2, -0.15) is 0 Å². The molecule has 2 unspecified atom stereocenters. The smallest absolute Gasteiger partial charge is 0.170 e. The summed E-state index contributed by atoms with van der Waals surface area (Å²) < 4.78 is 14.7.